The van der Waals surface area contributed by atoms with E-state index in [1.807, 2.05) is 56.3 Å². The quantitative estimate of drug-likeness (QED) is 0.671. The molecular formula is C24H29ClN2O3. The van der Waals surface area contributed by atoms with Gasteiger partial charge in [-0.25, -0.2) is 0 Å². The summed E-state index contributed by atoms with van der Waals surface area (Å²) < 4.78 is 5.70. The van der Waals surface area contributed by atoms with Gasteiger partial charge >= 0.3 is 0 Å². The van der Waals surface area contributed by atoms with Crippen LogP contribution in [0.1, 0.15) is 36.0 Å². The minimum Gasteiger partial charge on any atom is -0.376 e. The number of hydrogen-bond acceptors (Lipinski definition) is 3. The van der Waals surface area contributed by atoms with Crippen molar-refractivity contribution in [2.24, 2.45) is 0 Å². The van der Waals surface area contributed by atoms with Crippen LogP contribution in [-0.4, -0.2) is 42.5 Å². The molecule has 0 saturated carbocycles. The van der Waals surface area contributed by atoms with Crippen LogP contribution in [0.5, 0.6) is 0 Å². The summed E-state index contributed by atoms with van der Waals surface area (Å²) in [4.78, 5) is 27.3. The predicted molar refractivity (Wildman–Crippen MR) is 120 cm³/mol. The topological polar surface area (TPSA) is 58.6 Å². The van der Waals surface area contributed by atoms with Crippen LogP contribution in [0.4, 0.5) is 5.69 Å². The van der Waals surface area contributed by atoms with Crippen LogP contribution in [0.2, 0.25) is 5.02 Å². The highest BCUT2D eigenvalue weighted by molar-refractivity contribution is 6.30. The fourth-order valence-electron chi connectivity index (χ4n) is 3.60. The number of ether oxygens (including phenoxy) is 1. The Hall–Kier alpha value is -2.37. The highest BCUT2D eigenvalue weighted by Crippen LogP contribution is 2.19. The number of carbonyl (C=O) groups excluding carboxylic acids is 2. The van der Waals surface area contributed by atoms with Gasteiger partial charge in [0.05, 0.1) is 12.6 Å². The smallest absolute Gasteiger partial charge is 0.244 e. The second-order valence-corrected chi connectivity index (χ2v) is 8.27. The van der Waals surface area contributed by atoms with Crippen LogP contribution in [0, 0.1) is 13.8 Å². The molecule has 1 N–H and O–H groups in total. The molecule has 5 nitrogen and oxygen atoms in total. The van der Waals surface area contributed by atoms with Crippen molar-refractivity contribution in [2.45, 2.75) is 45.6 Å². The maximum atomic E-state index is 12.9. The third-order valence-corrected chi connectivity index (χ3v) is 5.81. The predicted octanol–water partition coefficient (Wildman–Crippen LogP) is 4.54. The first kappa shape index (κ1) is 22.3. The Morgan fingerprint density at radius 3 is 2.63 bits per heavy atom. The molecule has 1 saturated heterocycles. The number of aryl methyl sites for hydroxylation is 2. The minimum absolute atomic E-state index is 0.00186. The van der Waals surface area contributed by atoms with Gasteiger partial charge in [-0.2, -0.15) is 0 Å². The number of hydrogen-bond donors (Lipinski definition) is 1. The number of nitrogens with zero attached hydrogens (tertiary/aromatic N) is 1. The van der Waals surface area contributed by atoms with Crippen molar-refractivity contribution in [2.75, 3.05) is 25.0 Å². The van der Waals surface area contributed by atoms with E-state index in [1.165, 1.54) is 0 Å². The summed E-state index contributed by atoms with van der Waals surface area (Å²) in [5.74, 6) is -0.238. The molecule has 30 heavy (non-hydrogen) atoms. The zero-order valence-electron chi connectivity index (χ0n) is 17.6. The first-order chi connectivity index (χ1) is 14.4. The summed E-state index contributed by atoms with van der Waals surface area (Å²) in [6, 6.07) is 13.3. The van der Waals surface area contributed by atoms with Crippen LogP contribution >= 0.6 is 11.6 Å². The molecule has 0 aromatic heterocycles. The molecule has 6 heteroatoms. The standard InChI is InChI=1S/C24H29ClN2O3/c1-17-5-3-7-22(18(17)2)26-23(28)16-27(15-21-6-4-14-30-21)24(29)13-10-19-8-11-20(25)12-9-19/h3,5,7-9,11-12,21H,4,6,10,13-16H2,1-2H3,(H,26,28). The van der Waals surface area contributed by atoms with Crippen LogP contribution in [0.3, 0.4) is 0 Å². The highest BCUT2D eigenvalue weighted by atomic mass is 35.5. The molecule has 1 aliphatic heterocycles. The summed E-state index contributed by atoms with van der Waals surface area (Å²) >= 11 is 5.93. The average Bonchev–Trinajstić information content (AvgIpc) is 3.23. The lowest BCUT2D eigenvalue weighted by molar-refractivity contribution is -0.136. The largest absolute Gasteiger partial charge is 0.376 e. The molecule has 0 aliphatic carbocycles. The lowest BCUT2D eigenvalue weighted by Gasteiger charge is -2.25. The summed E-state index contributed by atoms with van der Waals surface area (Å²) in [6.45, 7) is 5.17. The maximum absolute atomic E-state index is 12.9. The Morgan fingerprint density at radius 2 is 1.93 bits per heavy atom. The van der Waals surface area contributed by atoms with Gasteiger partial charge in [0.2, 0.25) is 11.8 Å². The van der Waals surface area contributed by atoms with Gasteiger partial charge < -0.3 is 15.0 Å². The maximum Gasteiger partial charge on any atom is 0.244 e. The van der Waals surface area contributed by atoms with Gasteiger partial charge in [-0.1, -0.05) is 35.9 Å². The third kappa shape index (κ3) is 6.31. The molecule has 0 bridgehead atoms. The van der Waals surface area contributed by atoms with Crippen molar-refractivity contribution in [3.8, 4) is 0 Å². The van der Waals surface area contributed by atoms with E-state index in [4.69, 9.17) is 16.3 Å². The second kappa shape index (κ2) is 10.6. The van der Waals surface area contributed by atoms with Gasteiger partial charge in [0, 0.05) is 30.3 Å². The third-order valence-electron chi connectivity index (χ3n) is 5.55. The molecule has 3 rings (SSSR count). The lowest BCUT2D eigenvalue weighted by atomic mass is 10.1. The molecule has 1 heterocycles. The van der Waals surface area contributed by atoms with Crippen LogP contribution in [0.15, 0.2) is 42.5 Å². The van der Waals surface area contributed by atoms with Gasteiger partial charge in [-0.3, -0.25) is 9.59 Å². The molecule has 0 radical (unpaired) electrons. The lowest BCUT2D eigenvalue weighted by Crippen LogP contribution is -2.42. The number of amides is 2. The summed E-state index contributed by atoms with van der Waals surface area (Å²) in [6.07, 6.45) is 2.85. The van der Waals surface area contributed by atoms with Gasteiger partial charge in [-0.15, -0.1) is 0 Å². The van der Waals surface area contributed by atoms with Crippen molar-refractivity contribution in [1.82, 2.24) is 4.90 Å². The van der Waals surface area contributed by atoms with Crippen LogP contribution in [-0.2, 0) is 20.7 Å². The monoisotopic (exact) mass is 428 g/mol. The molecular weight excluding hydrogens is 400 g/mol. The number of halogens is 1. The number of nitrogens with one attached hydrogen (secondary N) is 1. The Kier molecular flexibility index (Phi) is 7.88. The molecule has 2 aromatic rings. The first-order valence-electron chi connectivity index (χ1n) is 10.4. The molecule has 1 unspecified atom stereocenters. The van der Waals surface area contributed by atoms with Gasteiger partial charge in [0.25, 0.3) is 0 Å². The molecule has 2 amide bonds. The number of carbonyl (C=O) groups is 2. The number of anilines is 1. The van der Waals surface area contributed by atoms with Gasteiger partial charge in [-0.05, 0) is 68.0 Å². The van der Waals surface area contributed by atoms with E-state index in [1.54, 1.807) is 4.90 Å². The van der Waals surface area contributed by atoms with E-state index < -0.39 is 0 Å². The fourth-order valence-corrected chi connectivity index (χ4v) is 3.72. The van der Waals surface area contributed by atoms with E-state index in [9.17, 15) is 9.59 Å². The van der Waals surface area contributed by atoms with Crippen molar-refractivity contribution in [3.05, 3.63) is 64.2 Å². The second-order valence-electron chi connectivity index (χ2n) is 7.83. The van der Waals surface area contributed by atoms with Crippen molar-refractivity contribution in [3.63, 3.8) is 0 Å². The summed E-state index contributed by atoms with van der Waals surface area (Å²) in [5, 5.41) is 3.63. The zero-order chi connectivity index (χ0) is 21.5. The van der Waals surface area contributed by atoms with Crippen molar-refractivity contribution in [1.29, 1.82) is 0 Å². The first-order valence-corrected chi connectivity index (χ1v) is 10.8. The van der Waals surface area contributed by atoms with Gasteiger partial charge in [0.15, 0.2) is 0 Å². The van der Waals surface area contributed by atoms with E-state index in [2.05, 4.69) is 5.32 Å². The normalized spacial score (nSPS) is 15.8. The molecule has 2 aromatic carbocycles. The zero-order valence-corrected chi connectivity index (χ0v) is 18.4. The molecule has 0 spiro atoms. The Labute approximate surface area is 183 Å². The molecule has 1 aliphatic rings. The fraction of sp³-hybridized carbons (Fsp3) is 0.417. The van der Waals surface area contributed by atoms with Crippen LogP contribution < -0.4 is 5.32 Å². The SMILES string of the molecule is Cc1cccc(NC(=O)CN(CC2CCCO2)C(=O)CCc2ccc(Cl)cc2)c1C. The van der Waals surface area contributed by atoms with E-state index in [-0.39, 0.29) is 24.5 Å². The Morgan fingerprint density at radius 1 is 1.17 bits per heavy atom. The van der Waals surface area contributed by atoms with E-state index in [0.717, 1.165) is 35.2 Å². The highest BCUT2D eigenvalue weighted by Gasteiger charge is 2.24. The molecule has 160 valence electrons. The Bertz CT molecular complexity index is 877. The van der Waals surface area contributed by atoms with Gasteiger partial charge in [0.1, 0.15) is 0 Å². The summed E-state index contributed by atoms with van der Waals surface area (Å²) in [7, 11) is 0. The number of benzene rings is 2. The van der Waals surface area contributed by atoms with Crippen molar-refractivity contribution < 1.29 is 14.3 Å². The summed E-state index contributed by atoms with van der Waals surface area (Å²) in [5.41, 5.74) is 3.98. The van der Waals surface area contributed by atoms with E-state index >= 15 is 0 Å². The minimum atomic E-state index is -0.193. The molecule has 1 fully saturated rings. The van der Waals surface area contributed by atoms with Crippen molar-refractivity contribution >= 4 is 29.1 Å². The van der Waals surface area contributed by atoms with E-state index in [0.29, 0.717) is 31.0 Å². The number of rotatable bonds is 8. The average molecular weight is 429 g/mol. The van der Waals surface area contributed by atoms with Crippen LogP contribution in [0.25, 0.3) is 0 Å². The Balaban J connectivity index is 1.63. The molecule has 1 atom stereocenters.